The van der Waals surface area contributed by atoms with E-state index in [2.05, 4.69) is 5.32 Å². The quantitative estimate of drug-likeness (QED) is 0.760. The molecule has 1 atom stereocenters. The Morgan fingerprint density at radius 1 is 1.11 bits per heavy atom. The van der Waals surface area contributed by atoms with E-state index in [9.17, 15) is 18.0 Å². The van der Waals surface area contributed by atoms with Gasteiger partial charge in [-0.1, -0.05) is 12.1 Å². The zero-order valence-electron chi connectivity index (χ0n) is 15.5. The van der Waals surface area contributed by atoms with Gasteiger partial charge in [-0.15, -0.1) is 0 Å². The number of esters is 1. The molecule has 0 heterocycles. The molecule has 0 saturated heterocycles. The standard InChI is InChI=1S/C19H21NO6S/c1-12-8-9-16(27(4,23)24)11-17(12)19(22)26-13(2)18(21)20-14-6-5-7-15(10-14)25-3/h5-11,13H,1-4H3,(H,20,21)/t13-/m1/s1. The molecule has 144 valence electrons. The van der Waals surface area contributed by atoms with Gasteiger partial charge in [0, 0.05) is 18.0 Å². The molecule has 0 saturated carbocycles. The molecule has 2 aromatic rings. The van der Waals surface area contributed by atoms with E-state index in [0.29, 0.717) is 17.0 Å². The molecular formula is C19H21NO6S. The molecule has 0 bridgehead atoms. The van der Waals surface area contributed by atoms with Crippen LogP contribution in [0.15, 0.2) is 47.4 Å². The second-order valence-corrected chi connectivity index (χ2v) is 8.03. The molecule has 8 heteroatoms. The maximum absolute atomic E-state index is 12.4. The van der Waals surface area contributed by atoms with Gasteiger partial charge in [-0.3, -0.25) is 4.79 Å². The fraction of sp³-hybridized carbons (Fsp3) is 0.263. The van der Waals surface area contributed by atoms with Gasteiger partial charge in [0.1, 0.15) is 5.75 Å². The summed E-state index contributed by atoms with van der Waals surface area (Å²) >= 11 is 0. The first-order chi connectivity index (χ1) is 12.6. The summed E-state index contributed by atoms with van der Waals surface area (Å²) in [7, 11) is -1.95. The van der Waals surface area contributed by atoms with Gasteiger partial charge in [-0.25, -0.2) is 13.2 Å². The van der Waals surface area contributed by atoms with Crippen molar-refractivity contribution in [3.8, 4) is 5.75 Å². The van der Waals surface area contributed by atoms with Crippen LogP contribution in [0.5, 0.6) is 5.75 Å². The molecule has 1 amide bonds. The number of anilines is 1. The predicted molar refractivity (Wildman–Crippen MR) is 101 cm³/mol. The molecule has 0 aliphatic heterocycles. The molecule has 1 N–H and O–H groups in total. The molecule has 0 aromatic heterocycles. The van der Waals surface area contributed by atoms with Crippen LogP contribution in [0.3, 0.4) is 0 Å². The molecule has 7 nitrogen and oxygen atoms in total. The number of aryl methyl sites for hydroxylation is 1. The molecule has 0 fully saturated rings. The van der Waals surface area contributed by atoms with Crippen LogP contribution in [0.4, 0.5) is 5.69 Å². The minimum atomic E-state index is -3.47. The first-order valence-corrected chi connectivity index (χ1v) is 9.97. The van der Waals surface area contributed by atoms with Crippen molar-refractivity contribution < 1.29 is 27.5 Å². The smallest absolute Gasteiger partial charge is 0.339 e. The highest BCUT2D eigenvalue weighted by Crippen LogP contribution is 2.19. The van der Waals surface area contributed by atoms with E-state index in [1.165, 1.54) is 32.2 Å². The van der Waals surface area contributed by atoms with Gasteiger partial charge < -0.3 is 14.8 Å². The van der Waals surface area contributed by atoms with Crippen LogP contribution < -0.4 is 10.1 Å². The van der Waals surface area contributed by atoms with Crippen molar-refractivity contribution in [2.45, 2.75) is 24.8 Å². The number of benzene rings is 2. The first kappa shape index (κ1) is 20.4. The van der Waals surface area contributed by atoms with E-state index >= 15 is 0 Å². The molecule has 0 aliphatic carbocycles. The highest BCUT2D eigenvalue weighted by molar-refractivity contribution is 7.90. The second kappa shape index (κ2) is 8.22. The third kappa shape index (κ3) is 5.30. The minimum absolute atomic E-state index is 0.00790. The van der Waals surface area contributed by atoms with Crippen LogP contribution in [0.25, 0.3) is 0 Å². The summed E-state index contributed by atoms with van der Waals surface area (Å²) in [6, 6.07) is 10.9. The van der Waals surface area contributed by atoms with E-state index in [-0.39, 0.29) is 10.5 Å². The largest absolute Gasteiger partial charge is 0.497 e. The number of carbonyl (C=O) groups is 2. The Morgan fingerprint density at radius 2 is 1.81 bits per heavy atom. The lowest BCUT2D eigenvalue weighted by molar-refractivity contribution is -0.123. The Kier molecular flexibility index (Phi) is 6.22. The Labute approximate surface area is 158 Å². The Bertz CT molecular complexity index is 968. The fourth-order valence-electron chi connectivity index (χ4n) is 2.27. The van der Waals surface area contributed by atoms with E-state index < -0.39 is 27.8 Å². The molecule has 0 radical (unpaired) electrons. The van der Waals surface area contributed by atoms with E-state index in [1.807, 2.05) is 0 Å². The maximum Gasteiger partial charge on any atom is 0.339 e. The molecule has 2 aromatic carbocycles. The van der Waals surface area contributed by atoms with E-state index in [0.717, 1.165) is 6.26 Å². The van der Waals surface area contributed by atoms with Crippen molar-refractivity contribution in [3.05, 3.63) is 53.6 Å². The van der Waals surface area contributed by atoms with Crippen LogP contribution >= 0.6 is 0 Å². The Morgan fingerprint density at radius 3 is 2.44 bits per heavy atom. The maximum atomic E-state index is 12.4. The molecule has 0 unspecified atom stereocenters. The number of amides is 1. The van der Waals surface area contributed by atoms with Gasteiger partial charge in [0.25, 0.3) is 5.91 Å². The number of rotatable bonds is 6. The number of sulfone groups is 1. The number of hydrogen-bond donors (Lipinski definition) is 1. The topological polar surface area (TPSA) is 98.8 Å². The fourth-order valence-corrected chi connectivity index (χ4v) is 2.92. The second-order valence-electron chi connectivity index (χ2n) is 6.02. The molecule has 27 heavy (non-hydrogen) atoms. The third-order valence-electron chi connectivity index (χ3n) is 3.85. The lowest BCUT2D eigenvalue weighted by atomic mass is 10.1. The zero-order chi connectivity index (χ0) is 20.2. The average Bonchev–Trinajstić information content (AvgIpc) is 2.61. The lowest BCUT2D eigenvalue weighted by Crippen LogP contribution is -2.30. The first-order valence-electron chi connectivity index (χ1n) is 8.08. The zero-order valence-corrected chi connectivity index (χ0v) is 16.3. The summed E-state index contributed by atoms with van der Waals surface area (Å²) in [6.07, 6.45) is -0.0261. The van der Waals surface area contributed by atoms with Crippen LogP contribution in [-0.2, 0) is 19.4 Å². The molecular weight excluding hydrogens is 370 g/mol. The third-order valence-corrected chi connectivity index (χ3v) is 4.96. The normalized spacial score (nSPS) is 12.1. The number of methoxy groups -OCH3 is 1. The molecule has 0 spiro atoms. The predicted octanol–water partition coefficient (Wildman–Crippen LogP) is 2.59. The number of hydrogen-bond acceptors (Lipinski definition) is 6. The van der Waals surface area contributed by atoms with Gasteiger partial charge in [-0.05, 0) is 43.7 Å². The summed E-state index contributed by atoms with van der Waals surface area (Å²) in [4.78, 5) is 24.7. The van der Waals surface area contributed by atoms with Crippen LogP contribution in [0.2, 0.25) is 0 Å². The molecule has 2 rings (SSSR count). The highest BCUT2D eigenvalue weighted by Gasteiger charge is 2.21. The average molecular weight is 391 g/mol. The van der Waals surface area contributed by atoms with Gasteiger partial charge in [0.15, 0.2) is 15.9 Å². The summed E-state index contributed by atoms with van der Waals surface area (Å²) in [5.41, 5.74) is 1.14. The van der Waals surface area contributed by atoms with Gasteiger partial charge >= 0.3 is 5.97 Å². The van der Waals surface area contributed by atoms with Crippen molar-refractivity contribution >= 4 is 27.4 Å². The Hall–Kier alpha value is -2.87. The number of nitrogens with one attached hydrogen (secondary N) is 1. The van der Waals surface area contributed by atoms with Crippen LogP contribution in [0, 0.1) is 6.92 Å². The summed E-state index contributed by atoms with van der Waals surface area (Å²) in [5, 5.41) is 2.63. The van der Waals surface area contributed by atoms with Crippen molar-refractivity contribution in [1.82, 2.24) is 0 Å². The number of ether oxygens (including phenoxy) is 2. The Balaban J connectivity index is 2.11. The van der Waals surface area contributed by atoms with Crippen molar-refractivity contribution in [1.29, 1.82) is 0 Å². The highest BCUT2D eigenvalue weighted by atomic mass is 32.2. The summed E-state index contributed by atoms with van der Waals surface area (Å²) in [6.45, 7) is 3.09. The summed E-state index contributed by atoms with van der Waals surface area (Å²) < 4.78 is 33.6. The SMILES string of the molecule is COc1cccc(NC(=O)[C@@H](C)OC(=O)c2cc(S(C)(=O)=O)ccc2C)c1. The van der Waals surface area contributed by atoms with E-state index in [4.69, 9.17) is 9.47 Å². The van der Waals surface area contributed by atoms with Crippen LogP contribution in [0.1, 0.15) is 22.8 Å². The van der Waals surface area contributed by atoms with Crippen molar-refractivity contribution in [3.63, 3.8) is 0 Å². The number of carbonyl (C=O) groups excluding carboxylic acids is 2. The van der Waals surface area contributed by atoms with Gasteiger partial charge in [0.2, 0.25) is 0 Å². The van der Waals surface area contributed by atoms with Crippen LogP contribution in [-0.4, -0.2) is 39.8 Å². The minimum Gasteiger partial charge on any atom is -0.497 e. The lowest BCUT2D eigenvalue weighted by Gasteiger charge is -2.15. The van der Waals surface area contributed by atoms with Gasteiger partial charge in [0.05, 0.1) is 17.6 Å². The van der Waals surface area contributed by atoms with E-state index in [1.54, 1.807) is 31.2 Å². The van der Waals surface area contributed by atoms with Crippen molar-refractivity contribution in [2.75, 3.05) is 18.7 Å². The van der Waals surface area contributed by atoms with Crippen molar-refractivity contribution in [2.24, 2.45) is 0 Å². The van der Waals surface area contributed by atoms with Gasteiger partial charge in [-0.2, -0.15) is 0 Å². The monoisotopic (exact) mass is 391 g/mol. The summed E-state index contributed by atoms with van der Waals surface area (Å²) in [5.74, 6) is -0.717. The molecule has 0 aliphatic rings.